The fraction of sp³-hybridized carbons (Fsp3) is 0.375. The molecule has 13 heavy (non-hydrogen) atoms. The monoisotopic (exact) mass is 198 g/mol. The molecule has 0 saturated carbocycles. The third-order valence-corrected chi connectivity index (χ3v) is 2.19. The molecule has 1 aromatic heterocycles. The summed E-state index contributed by atoms with van der Waals surface area (Å²) in [5.74, 6) is -0.970. The van der Waals surface area contributed by atoms with Gasteiger partial charge in [0, 0.05) is 0 Å². The molecule has 0 aromatic carbocycles. The smallest absolute Gasteiger partial charge is 0.339 e. The van der Waals surface area contributed by atoms with Gasteiger partial charge in [-0.3, -0.25) is 0 Å². The van der Waals surface area contributed by atoms with Crippen molar-refractivity contribution >= 4 is 17.7 Å². The molecule has 0 aliphatic carbocycles. The second-order valence-electron chi connectivity index (χ2n) is 2.56. The largest absolute Gasteiger partial charge is 0.478 e. The van der Waals surface area contributed by atoms with Crippen LogP contribution >= 0.6 is 11.8 Å². The van der Waals surface area contributed by atoms with Crippen molar-refractivity contribution in [3.8, 4) is 0 Å². The van der Waals surface area contributed by atoms with Crippen molar-refractivity contribution in [3.05, 3.63) is 17.0 Å². The molecule has 1 aromatic rings. The number of carbonyl (C=O) groups is 1. The Bertz CT molecular complexity index is 329. The molecule has 4 nitrogen and oxygen atoms in total. The van der Waals surface area contributed by atoms with Crippen LogP contribution in [0.15, 0.2) is 5.16 Å². The highest BCUT2D eigenvalue weighted by Gasteiger charge is 2.13. The van der Waals surface area contributed by atoms with Gasteiger partial charge in [0.2, 0.25) is 0 Å². The number of rotatable bonds is 2. The van der Waals surface area contributed by atoms with Crippen LogP contribution in [0.25, 0.3) is 0 Å². The zero-order valence-corrected chi connectivity index (χ0v) is 8.47. The van der Waals surface area contributed by atoms with Gasteiger partial charge in [-0.2, -0.15) is 0 Å². The van der Waals surface area contributed by atoms with Gasteiger partial charge in [-0.15, -0.1) is 0 Å². The standard InChI is InChI=1S/C8H10N2O2S/c1-4-6(7(11)12)5(2)10-8(9-4)13-3/h1-3H3,(H,11,12). The Hall–Kier alpha value is -1.10. The van der Waals surface area contributed by atoms with Crippen molar-refractivity contribution in [2.24, 2.45) is 0 Å². The van der Waals surface area contributed by atoms with Crippen LogP contribution in [-0.4, -0.2) is 27.3 Å². The third-order valence-electron chi connectivity index (χ3n) is 1.65. The lowest BCUT2D eigenvalue weighted by molar-refractivity contribution is 0.0694. The summed E-state index contributed by atoms with van der Waals surface area (Å²) in [6, 6.07) is 0. The summed E-state index contributed by atoms with van der Waals surface area (Å²) in [6.45, 7) is 3.36. The van der Waals surface area contributed by atoms with Crippen LogP contribution in [-0.2, 0) is 0 Å². The highest BCUT2D eigenvalue weighted by atomic mass is 32.2. The number of nitrogens with zero attached hydrogens (tertiary/aromatic N) is 2. The fourth-order valence-electron chi connectivity index (χ4n) is 1.09. The van der Waals surface area contributed by atoms with E-state index < -0.39 is 5.97 Å². The van der Waals surface area contributed by atoms with E-state index in [1.807, 2.05) is 6.26 Å². The number of carboxylic acid groups (broad SMARTS) is 1. The molecule has 0 radical (unpaired) electrons. The molecule has 0 aliphatic rings. The van der Waals surface area contributed by atoms with E-state index >= 15 is 0 Å². The molecule has 5 heteroatoms. The van der Waals surface area contributed by atoms with E-state index in [1.54, 1.807) is 13.8 Å². The topological polar surface area (TPSA) is 63.1 Å². The van der Waals surface area contributed by atoms with Gasteiger partial charge in [-0.05, 0) is 20.1 Å². The third kappa shape index (κ3) is 1.98. The molecule has 0 aliphatic heterocycles. The lowest BCUT2D eigenvalue weighted by atomic mass is 10.2. The first-order chi connectivity index (χ1) is 6.06. The first-order valence-electron chi connectivity index (χ1n) is 3.68. The number of hydrogen-bond donors (Lipinski definition) is 1. The van der Waals surface area contributed by atoms with Crippen LogP contribution in [0.2, 0.25) is 0 Å². The van der Waals surface area contributed by atoms with E-state index in [0.29, 0.717) is 16.5 Å². The molecule has 0 amide bonds. The minimum absolute atomic E-state index is 0.206. The number of aryl methyl sites for hydroxylation is 2. The van der Waals surface area contributed by atoms with E-state index in [0.717, 1.165) is 0 Å². The van der Waals surface area contributed by atoms with Gasteiger partial charge in [0.25, 0.3) is 0 Å². The van der Waals surface area contributed by atoms with Crippen LogP contribution < -0.4 is 0 Å². The summed E-state index contributed by atoms with van der Waals surface area (Å²) in [6.07, 6.45) is 1.86. The fourth-order valence-corrected chi connectivity index (χ4v) is 1.54. The molecule has 1 heterocycles. The molecule has 70 valence electrons. The zero-order valence-electron chi connectivity index (χ0n) is 7.66. The molecule has 0 unspecified atom stereocenters. The second kappa shape index (κ2) is 3.74. The Balaban J connectivity index is 3.31. The first kappa shape index (κ1) is 9.98. The van der Waals surface area contributed by atoms with Crippen molar-refractivity contribution in [3.63, 3.8) is 0 Å². The Morgan fingerprint density at radius 2 is 1.77 bits per heavy atom. The van der Waals surface area contributed by atoms with Gasteiger partial charge >= 0.3 is 5.97 Å². The molecule has 0 saturated heterocycles. The molecular weight excluding hydrogens is 188 g/mol. The van der Waals surface area contributed by atoms with Crippen molar-refractivity contribution in [1.82, 2.24) is 9.97 Å². The zero-order chi connectivity index (χ0) is 10.0. The minimum atomic E-state index is -0.970. The van der Waals surface area contributed by atoms with Crippen LogP contribution in [0.5, 0.6) is 0 Å². The Labute approximate surface area is 80.4 Å². The van der Waals surface area contributed by atoms with Crippen LogP contribution in [0, 0.1) is 13.8 Å². The number of hydrogen-bond acceptors (Lipinski definition) is 4. The number of thioether (sulfide) groups is 1. The average Bonchev–Trinajstić information content (AvgIpc) is 2.02. The summed E-state index contributed by atoms with van der Waals surface area (Å²) >= 11 is 1.40. The average molecular weight is 198 g/mol. The van der Waals surface area contributed by atoms with Crippen molar-refractivity contribution < 1.29 is 9.90 Å². The Morgan fingerprint density at radius 1 is 1.31 bits per heavy atom. The van der Waals surface area contributed by atoms with Crippen LogP contribution in [0.1, 0.15) is 21.7 Å². The number of carboxylic acids is 1. The molecule has 1 rings (SSSR count). The van der Waals surface area contributed by atoms with Gasteiger partial charge in [0.1, 0.15) is 5.56 Å². The highest BCUT2D eigenvalue weighted by Crippen LogP contribution is 2.15. The number of aromatic carboxylic acids is 1. The van der Waals surface area contributed by atoms with E-state index in [9.17, 15) is 4.79 Å². The summed E-state index contributed by atoms with van der Waals surface area (Å²) in [5.41, 5.74) is 1.24. The maximum Gasteiger partial charge on any atom is 0.339 e. The normalized spacial score (nSPS) is 10.1. The van der Waals surface area contributed by atoms with Crippen LogP contribution in [0.3, 0.4) is 0 Å². The van der Waals surface area contributed by atoms with Crippen molar-refractivity contribution in [2.75, 3.05) is 6.26 Å². The number of aromatic nitrogens is 2. The predicted molar refractivity (Wildman–Crippen MR) is 50.2 cm³/mol. The molecule has 0 atom stereocenters. The SMILES string of the molecule is CSc1nc(C)c(C(=O)O)c(C)n1. The predicted octanol–water partition coefficient (Wildman–Crippen LogP) is 1.51. The summed E-state index contributed by atoms with van der Waals surface area (Å²) in [7, 11) is 0. The maximum atomic E-state index is 10.8. The molecule has 1 N–H and O–H groups in total. The molecule has 0 bridgehead atoms. The molecular formula is C8H10N2O2S. The minimum Gasteiger partial charge on any atom is -0.478 e. The molecule has 0 spiro atoms. The Morgan fingerprint density at radius 3 is 2.08 bits per heavy atom. The van der Waals surface area contributed by atoms with E-state index in [-0.39, 0.29) is 5.56 Å². The van der Waals surface area contributed by atoms with Crippen molar-refractivity contribution in [1.29, 1.82) is 0 Å². The van der Waals surface area contributed by atoms with Gasteiger partial charge < -0.3 is 5.11 Å². The van der Waals surface area contributed by atoms with Gasteiger partial charge in [0.05, 0.1) is 11.4 Å². The quantitative estimate of drug-likeness (QED) is 0.576. The van der Waals surface area contributed by atoms with Gasteiger partial charge in [0.15, 0.2) is 5.16 Å². The Kier molecular flexibility index (Phi) is 2.87. The lowest BCUT2D eigenvalue weighted by Gasteiger charge is -2.04. The van der Waals surface area contributed by atoms with E-state index in [4.69, 9.17) is 5.11 Å². The molecule has 0 fully saturated rings. The lowest BCUT2D eigenvalue weighted by Crippen LogP contribution is -2.07. The summed E-state index contributed by atoms with van der Waals surface area (Å²) in [5, 5.41) is 9.43. The van der Waals surface area contributed by atoms with E-state index in [2.05, 4.69) is 9.97 Å². The van der Waals surface area contributed by atoms with Crippen LogP contribution in [0.4, 0.5) is 0 Å². The summed E-state index contributed by atoms with van der Waals surface area (Å²) in [4.78, 5) is 18.8. The van der Waals surface area contributed by atoms with Gasteiger partial charge in [-0.25, -0.2) is 14.8 Å². The second-order valence-corrected chi connectivity index (χ2v) is 3.33. The first-order valence-corrected chi connectivity index (χ1v) is 4.91. The van der Waals surface area contributed by atoms with E-state index in [1.165, 1.54) is 11.8 Å². The summed E-state index contributed by atoms with van der Waals surface area (Å²) < 4.78 is 0. The maximum absolute atomic E-state index is 10.8. The van der Waals surface area contributed by atoms with Gasteiger partial charge in [-0.1, -0.05) is 11.8 Å². The highest BCUT2D eigenvalue weighted by molar-refractivity contribution is 7.98. The van der Waals surface area contributed by atoms with Crippen molar-refractivity contribution in [2.45, 2.75) is 19.0 Å².